The highest BCUT2D eigenvalue weighted by atomic mass is 16.6. The SMILES string of the molecule is COc1cc(C=NN2CCN(Cc3ccccc3)CC2)cc(OC)c1OC(C)=O. The summed E-state index contributed by atoms with van der Waals surface area (Å²) in [4.78, 5) is 13.8. The highest BCUT2D eigenvalue weighted by molar-refractivity contribution is 5.83. The van der Waals surface area contributed by atoms with Crippen LogP contribution in [0.15, 0.2) is 47.6 Å². The predicted molar refractivity (Wildman–Crippen MR) is 112 cm³/mol. The van der Waals surface area contributed by atoms with Crippen molar-refractivity contribution < 1.29 is 19.0 Å². The number of benzene rings is 2. The number of ether oxygens (including phenoxy) is 3. The highest BCUT2D eigenvalue weighted by Crippen LogP contribution is 2.38. The fourth-order valence-corrected chi connectivity index (χ4v) is 3.22. The number of methoxy groups -OCH3 is 2. The molecule has 7 heteroatoms. The Bertz CT molecular complexity index is 821. The van der Waals surface area contributed by atoms with E-state index in [1.165, 1.54) is 26.7 Å². The van der Waals surface area contributed by atoms with Crippen LogP contribution in [0.1, 0.15) is 18.1 Å². The minimum absolute atomic E-state index is 0.272. The summed E-state index contributed by atoms with van der Waals surface area (Å²) in [5, 5.41) is 6.66. The lowest BCUT2D eigenvalue weighted by atomic mass is 10.2. The molecule has 3 rings (SSSR count). The number of esters is 1. The Morgan fingerprint density at radius 3 is 2.21 bits per heavy atom. The fourth-order valence-electron chi connectivity index (χ4n) is 3.22. The lowest BCUT2D eigenvalue weighted by Gasteiger charge is -2.33. The second-order valence-electron chi connectivity index (χ2n) is 6.81. The smallest absolute Gasteiger partial charge is 0.308 e. The first kappa shape index (κ1) is 20.7. The van der Waals surface area contributed by atoms with Crippen molar-refractivity contribution in [2.24, 2.45) is 5.10 Å². The molecule has 2 aromatic carbocycles. The summed E-state index contributed by atoms with van der Waals surface area (Å²) in [7, 11) is 3.04. The van der Waals surface area contributed by atoms with Gasteiger partial charge in [-0.3, -0.25) is 14.7 Å². The summed E-state index contributed by atoms with van der Waals surface area (Å²) < 4.78 is 15.9. The molecular weight excluding hydrogens is 370 g/mol. The van der Waals surface area contributed by atoms with Crippen LogP contribution in [-0.4, -0.2) is 62.5 Å². The fraction of sp³-hybridized carbons (Fsp3) is 0.364. The molecule has 0 atom stereocenters. The average molecular weight is 397 g/mol. The van der Waals surface area contributed by atoms with Gasteiger partial charge in [-0.25, -0.2) is 0 Å². The molecule has 0 amide bonds. The second kappa shape index (κ2) is 9.93. The van der Waals surface area contributed by atoms with Crippen molar-refractivity contribution in [2.45, 2.75) is 13.5 Å². The molecule has 0 aromatic heterocycles. The Hall–Kier alpha value is -3.06. The maximum Gasteiger partial charge on any atom is 0.308 e. The lowest BCUT2D eigenvalue weighted by molar-refractivity contribution is -0.132. The van der Waals surface area contributed by atoms with Gasteiger partial charge in [-0.05, 0) is 17.7 Å². The summed E-state index contributed by atoms with van der Waals surface area (Å²) in [5.41, 5.74) is 2.14. The molecule has 2 aromatic rings. The van der Waals surface area contributed by atoms with Gasteiger partial charge in [-0.1, -0.05) is 30.3 Å². The molecule has 1 heterocycles. The van der Waals surface area contributed by atoms with Gasteiger partial charge in [-0.2, -0.15) is 5.10 Å². The van der Waals surface area contributed by atoms with Crippen molar-refractivity contribution in [1.82, 2.24) is 9.91 Å². The molecule has 0 unspecified atom stereocenters. The topological polar surface area (TPSA) is 63.6 Å². The number of piperazine rings is 1. The minimum atomic E-state index is -0.434. The molecule has 1 aliphatic rings. The number of nitrogens with zero attached hydrogens (tertiary/aromatic N) is 3. The van der Waals surface area contributed by atoms with Crippen molar-refractivity contribution in [2.75, 3.05) is 40.4 Å². The van der Waals surface area contributed by atoms with Gasteiger partial charge < -0.3 is 14.2 Å². The monoisotopic (exact) mass is 397 g/mol. The lowest BCUT2D eigenvalue weighted by Crippen LogP contribution is -2.43. The average Bonchev–Trinajstić information content (AvgIpc) is 2.74. The molecule has 154 valence electrons. The van der Waals surface area contributed by atoms with Gasteiger partial charge in [0.25, 0.3) is 0 Å². The van der Waals surface area contributed by atoms with E-state index in [2.05, 4.69) is 39.3 Å². The summed E-state index contributed by atoms with van der Waals surface area (Å²) in [6, 6.07) is 14.1. The van der Waals surface area contributed by atoms with Crippen molar-refractivity contribution >= 4 is 12.2 Å². The molecule has 29 heavy (non-hydrogen) atoms. The summed E-state index contributed by atoms with van der Waals surface area (Å²) >= 11 is 0. The van der Waals surface area contributed by atoms with Crippen LogP contribution in [0.25, 0.3) is 0 Å². The van der Waals surface area contributed by atoms with E-state index in [-0.39, 0.29) is 5.75 Å². The van der Waals surface area contributed by atoms with Crippen LogP contribution in [0.3, 0.4) is 0 Å². The first-order chi connectivity index (χ1) is 14.1. The third-order valence-electron chi connectivity index (χ3n) is 4.70. The molecule has 7 nitrogen and oxygen atoms in total. The molecular formula is C22H27N3O4. The van der Waals surface area contributed by atoms with Gasteiger partial charge >= 0.3 is 5.97 Å². The molecule has 0 N–H and O–H groups in total. The van der Waals surface area contributed by atoms with E-state index >= 15 is 0 Å². The number of rotatable bonds is 7. The van der Waals surface area contributed by atoms with Crippen LogP contribution in [0.4, 0.5) is 0 Å². The molecule has 1 fully saturated rings. The van der Waals surface area contributed by atoms with Gasteiger partial charge in [0.2, 0.25) is 5.75 Å². The van der Waals surface area contributed by atoms with Crippen molar-refractivity contribution in [3.63, 3.8) is 0 Å². The molecule has 1 saturated heterocycles. The molecule has 0 bridgehead atoms. The van der Waals surface area contributed by atoms with Crippen molar-refractivity contribution in [3.05, 3.63) is 53.6 Å². The molecule has 0 radical (unpaired) electrons. The number of hydrazone groups is 1. The Labute approximate surface area is 171 Å². The quantitative estimate of drug-likeness (QED) is 0.407. The number of hydrogen-bond donors (Lipinski definition) is 0. The van der Waals surface area contributed by atoms with E-state index in [9.17, 15) is 4.79 Å². The molecule has 1 aliphatic heterocycles. The third-order valence-corrected chi connectivity index (χ3v) is 4.70. The first-order valence-electron chi connectivity index (χ1n) is 9.58. The van der Waals surface area contributed by atoms with Crippen LogP contribution in [0.2, 0.25) is 0 Å². The van der Waals surface area contributed by atoms with Crippen LogP contribution in [-0.2, 0) is 11.3 Å². The van der Waals surface area contributed by atoms with E-state index < -0.39 is 5.97 Å². The van der Waals surface area contributed by atoms with E-state index in [1.54, 1.807) is 18.3 Å². The first-order valence-corrected chi connectivity index (χ1v) is 9.58. The van der Waals surface area contributed by atoms with E-state index in [1.807, 2.05) is 6.07 Å². The Balaban J connectivity index is 1.62. The minimum Gasteiger partial charge on any atom is -0.493 e. The number of carbonyl (C=O) groups excluding carboxylic acids is 1. The van der Waals surface area contributed by atoms with E-state index in [0.29, 0.717) is 11.5 Å². The Kier molecular flexibility index (Phi) is 7.08. The van der Waals surface area contributed by atoms with E-state index in [4.69, 9.17) is 14.2 Å². The normalized spacial score (nSPS) is 14.8. The zero-order valence-corrected chi connectivity index (χ0v) is 17.1. The molecule has 0 saturated carbocycles. The Morgan fingerprint density at radius 2 is 1.66 bits per heavy atom. The summed E-state index contributed by atoms with van der Waals surface area (Å²) in [6.45, 7) is 5.96. The van der Waals surface area contributed by atoms with Gasteiger partial charge in [0.1, 0.15) is 0 Å². The van der Waals surface area contributed by atoms with Gasteiger partial charge in [0.15, 0.2) is 11.5 Å². The number of carbonyl (C=O) groups is 1. The van der Waals surface area contributed by atoms with E-state index in [0.717, 1.165) is 38.3 Å². The summed E-state index contributed by atoms with van der Waals surface area (Å²) in [6.07, 6.45) is 1.77. The molecule has 0 aliphatic carbocycles. The predicted octanol–water partition coefficient (Wildman–Crippen LogP) is 2.78. The summed E-state index contributed by atoms with van der Waals surface area (Å²) in [5.74, 6) is 0.688. The van der Waals surface area contributed by atoms with Crippen LogP contribution < -0.4 is 14.2 Å². The number of hydrogen-bond acceptors (Lipinski definition) is 7. The largest absolute Gasteiger partial charge is 0.493 e. The third kappa shape index (κ3) is 5.71. The second-order valence-corrected chi connectivity index (χ2v) is 6.81. The Morgan fingerprint density at radius 1 is 1.03 bits per heavy atom. The van der Waals surface area contributed by atoms with Gasteiger partial charge in [0, 0.05) is 45.2 Å². The zero-order valence-electron chi connectivity index (χ0n) is 17.1. The van der Waals surface area contributed by atoms with Crippen molar-refractivity contribution in [3.8, 4) is 17.2 Å². The highest BCUT2D eigenvalue weighted by Gasteiger charge is 2.17. The van der Waals surface area contributed by atoms with Gasteiger partial charge in [0.05, 0.1) is 20.4 Å². The van der Waals surface area contributed by atoms with Crippen molar-refractivity contribution in [1.29, 1.82) is 0 Å². The van der Waals surface area contributed by atoms with Crippen LogP contribution >= 0.6 is 0 Å². The van der Waals surface area contributed by atoms with Crippen LogP contribution in [0.5, 0.6) is 17.2 Å². The van der Waals surface area contributed by atoms with Crippen LogP contribution in [0, 0.1) is 0 Å². The zero-order chi connectivity index (χ0) is 20.6. The standard InChI is InChI=1S/C22H27N3O4/c1-17(26)29-22-20(27-2)13-19(14-21(22)28-3)15-23-25-11-9-24(10-12-25)16-18-7-5-4-6-8-18/h4-8,13-15H,9-12,16H2,1-3H3. The van der Waals surface area contributed by atoms with Gasteiger partial charge in [-0.15, -0.1) is 0 Å². The molecule has 0 spiro atoms. The maximum absolute atomic E-state index is 11.3. The maximum atomic E-state index is 11.3.